The second-order valence-corrected chi connectivity index (χ2v) is 4.72. The summed E-state index contributed by atoms with van der Waals surface area (Å²) in [5.74, 6) is -0.365. The smallest absolute Gasteiger partial charge is 0.260 e. The van der Waals surface area contributed by atoms with E-state index >= 15 is 0 Å². The molecule has 0 saturated carbocycles. The van der Waals surface area contributed by atoms with Crippen LogP contribution in [0.25, 0.3) is 0 Å². The minimum atomic E-state index is -0.424. The molecule has 0 unspecified atom stereocenters. The summed E-state index contributed by atoms with van der Waals surface area (Å²) < 4.78 is 10.8. The molecular weight excluding hydrogens is 276 g/mol. The molecule has 0 amide bonds. The van der Waals surface area contributed by atoms with Crippen molar-refractivity contribution in [3.05, 3.63) is 96.5 Å². The minimum Gasteiger partial charge on any atom is -0.485 e. The molecule has 0 N–H and O–H groups in total. The van der Waals surface area contributed by atoms with Gasteiger partial charge in [-0.15, -0.1) is 0 Å². The Morgan fingerprint density at radius 3 is 1.45 bits per heavy atom. The first-order chi connectivity index (χ1) is 10.7. The lowest BCUT2D eigenvalue weighted by Crippen LogP contribution is -2.10. The summed E-state index contributed by atoms with van der Waals surface area (Å²) in [5, 5.41) is 0. The van der Waals surface area contributed by atoms with E-state index in [2.05, 4.69) is 13.2 Å². The van der Waals surface area contributed by atoms with Gasteiger partial charge in [-0.3, -0.25) is 4.79 Å². The molecule has 2 rings (SSSR count). The fourth-order valence-corrected chi connectivity index (χ4v) is 1.78. The number of hydrogen-bond donors (Lipinski definition) is 0. The van der Waals surface area contributed by atoms with Gasteiger partial charge < -0.3 is 9.47 Å². The van der Waals surface area contributed by atoms with Crippen molar-refractivity contribution in [2.45, 2.75) is 13.2 Å². The fraction of sp³-hybridized carbons (Fsp3) is 0.105. The Labute approximate surface area is 130 Å². The van der Waals surface area contributed by atoms with Crippen LogP contribution in [-0.4, -0.2) is 5.78 Å². The number of carbonyl (C=O) groups excluding carboxylic acids is 1. The number of carbonyl (C=O) groups is 1. The van der Waals surface area contributed by atoms with Crippen LogP contribution < -0.4 is 0 Å². The molecule has 3 nitrogen and oxygen atoms in total. The van der Waals surface area contributed by atoms with Gasteiger partial charge in [0.25, 0.3) is 5.78 Å². The molecule has 112 valence electrons. The molecule has 0 spiro atoms. The molecule has 0 atom stereocenters. The van der Waals surface area contributed by atoms with Crippen LogP contribution >= 0.6 is 0 Å². The molecule has 0 radical (unpaired) electrons. The predicted molar refractivity (Wildman–Crippen MR) is 85.7 cm³/mol. The second kappa shape index (κ2) is 7.84. The minimum absolute atomic E-state index is 0.0296. The highest BCUT2D eigenvalue weighted by Crippen LogP contribution is 2.11. The lowest BCUT2D eigenvalue weighted by atomic mass is 10.2. The Morgan fingerprint density at radius 1 is 0.727 bits per heavy atom. The summed E-state index contributed by atoms with van der Waals surface area (Å²) in [7, 11) is 0. The van der Waals surface area contributed by atoms with Gasteiger partial charge in [0.1, 0.15) is 13.2 Å². The van der Waals surface area contributed by atoms with E-state index in [0.29, 0.717) is 0 Å². The maximum Gasteiger partial charge on any atom is 0.260 e. The number of ketones is 1. The molecule has 0 aliphatic carbocycles. The monoisotopic (exact) mass is 294 g/mol. The molecule has 0 aliphatic rings. The Balaban J connectivity index is 1.80. The molecule has 2 aromatic rings. The highest BCUT2D eigenvalue weighted by Gasteiger charge is 2.14. The second-order valence-electron chi connectivity index (χ2n) is 4.72. The van der Waals surface area contributed by atoms with Gasteiger partial charge in [-0.2, -0.15) is 0 Å². The average Bonchev–Trinajstić information content (AvgIpc) is 2.58. The van der Waals surface area contributed by atoms with E-state index in [4.69, 9.17) is 9.47 Å². The van der Waals surface area contributed by atoms with Gasteiger partial charge in [-0.1, -0.05) is 73.8 Å². The van der Waals surface area contributed by atoms with Gasteiger partial charge in [-0.05, 0) is 11.1 Å². The van der Waals surface area contributed by atoms with Crippen LogP contribution in [0, 0.1) is 0 Å². The van der Waals surface area contributed by atoms with Gasteiger partial charge in [0.05, 0.1) is 0 Å². The van der Waals surface area contributed by atoms with Gasteiger partial charge in [0, 0.05) is 0 Å². The SMILES string of the molecule is C=C(OCc1ccccc1)C(=O)C(=C)OCc1ccccc1. The Kier molecular flexibility index (Phi) is 5.55. The third kappa shape index (κ3) is 4.63. The van der Waals surface area contributed by atoms with Crippen LogP contribution in [0.15, 0.2) is 85.3 Å². The Bertz CT molecular complexity index is 587. The number of ether oxygens (including phenoxy) is 2. The third-order valence-electron chi connectivity index (χ3n) is 3.02. The summed E-state index contributed by atoms with van der Waals surface area (Å²) in [6.07, 6.45) is 0. The van der Waals surface area contributed by atoms with Crippen LogP contribution in [0.4, 0.5) is 0 Å². The molecule has 0 heterocycles. The molecule has 0 saturated heterocycles. The highest BCUT2D eigenvalue weighted by molar-refractivity contribution is 6.04. The first-order valence-corrected chi connectivity index (χ1v) is 6.93. The summed E-state index contributed by atoms with van der Waals surface area (Å²) in [4.78, 5) is 12.0. The van der Waals surface area contributed by atoms with Crippen LogP contribution in [0.1, 0.15) is 11.1 Å². The molecular formula is C19H18O3. The zero-order valence-electron chi connectivity index (χ0n) is 12.3. The largest absolute Gasteiger partial charge is 0.485 e. The zero-order chi connectivity index (χ0) is 15.8. The summed E-state index contributed by atoms with van der Waals surface area (Å²) in [5.41, 5.74) is 1.93. The molecule has 0 aliphatic heterocycles. The number of benzene rings is 2. The quantitative estimate of drug-likeness (QED) is 0.545. The van der Waals surface area contributed by atoms with Crippen LogP contribution in [-0.2, 0) is 27.5 Å². The number of Topliss-reactive ketones (excluding diaryl/α,β-unsaturated/α-hetero) is 1. The van der Waals surface area contributed by atoms with Gasteiger partial charge >= 0.3 is 0 Å². The third-order valence-corrected chi connectivity index (χ3v) is 3.02. The van der Waals surface area contributed by atoms with E-state index in [1.807, 2.05) is 60.7 Å². The van der Waals surface area contributed by atoms with Gasteiger partial charge in [-0.25, -0.2) is 0 Å². The standard InChI is InChI=1S/C19H18O3/c1-15(21-13-17-9-5-3-6-10-17)19(20)16(2)22-14-18-11-7-4-8-12-18/h3-12H,1-2,13-14H2. The van der Waals surface area contributed by atoms with Gasteiger partial charge in [0.15, 0.2) is 11.5 Å². The first kappa shape index (κ1) is 15.6. The van der Waals surface area contributed by atoms with E-state index in [0.717, 1.165) is 11.1 Å². The average molecular weight is 294 g/mol. The van der Waals surface area contributed by atoms with Crippen molar-refractivity contribution in [3.8, 4) is 0 Å². The van der Waals surface area contributed by atoms with Crippen molar-refractivity contribution < 1.29 is 14.3 Å². The summed E-state index contributed by atoms with van der Waals surface area (Å²) >= 11 is 0. The molecule has 0 aromatic heterocycles. The van der Waals surface area contributed by atoms with E-state index in [1.54, 1.807) is 0 Å². The first-order valence-electron chi connectivity index (χ1n) is 6.93. The molecule has 2 aromatic carbocycles. The van der Waals surface area contributed by atoms with Crippen LogP contribution in [0.3, 0.4) is 0 Å². The van der Waals surface area contributed by atoms with Crippen molar-refractivity contribution in [3.63, 3.8) is 0 Å². The Morgan fingerprint density at radius 2 is 1.09 bits per heavy atom. The van der Waals surface area contributed by atoms with Crippen molar-refractivity contribution in [2.24, 2.45) is 0 Å². The summed E-state index contributed by atoms with van der Waals surface area (Å²) in [6.45, 7) is 7.84. The van der Waals surface area contributed by atoms with E-state index < -0.39 is 5.78 Å². The van der Waals surface area contributed by atoms with Crippen LogP contribution in [0.5, 0.6) is 0 Å². The predicted octanol–water partition coefficient (Wildman–Crippen LogP) is 4.02. The van der Waals surface area contributed by atoms with Crippen LogP contribution in [0.2, 0.25) is 0 Å². The van der Waals surface area contributed by atoms with Crippen molar-refractivity contribution in [1.29, 1.82) is 0 Å². The topological polar surface area (TPSA) is 35.5 Å². The van der Waals surface area contributed by atoms with Gasteiger partial charge in [0.2, 0.25) is 0 Å². The molecule has 22 heavy (non-hydrogen) atoms. The fourth-order valence-electron chi connectivity index (χ4n) is 1.78. The van der Waals surface area contributed by atoms with Crippen molar-refractivity contribution in [1.82, 2.24) is 0 Å². The molecule has 0 bridgehead atoms. The highest BCUT2D eigenvalue weighted by atomic mass is 16.5. The molecule has 0 fully saturated rings. The zero-order valence-corrected chi connectivity index (χ0v) is 12.3. The lowest BCUT2D eigenvalue weighted by molar-refractivity contribution is -0.119. The van der Waals surface area contributed by atoms with E-state index in [1.165, 1.54) is 0 Å². The Hall–Kier alpha value is -2.81. The maximum absolute atomic E-state index is 12.0. The van der Waals surface area contributed by atoms with E-state index in [-0.39, 0.29) is 24.7 Å². The normalized spacial score (nSPS) is 9.82. The maximum atomic E-state index is 12.0. The lowest BCUT2D eigenvalue weighted by Gasteiger charge is -2.11. The van der Waals surface area contributed by atoms with Crippen molar-refractivity contribution in [2.75, 3.05) is 0 Å². The van der Waals surface area contributed by atoms with Crippen molar-refractivity contribution >= 4 is 5.78 Å². The number of hydrogen-bond acceptors (Lipinski definition) is 3. The van der Waals surface area contributed by atoms with E-state index in [9.17, 15) is 4.79 Å². The summed E-state index contributed by atoms with van der Waals surface area (Å²) in [6, 6.07) is 19.1. The number of rotatable bonds is 8. The molecule has 3 heteroatoms.